The predicted molar refractivity (Wildman–Crippen MR) is 91.7 cm³/mol. The van der Waals surface area contributed by atoms with E-state index in [1.54, 1.807) is 12.1 Å². The first-order valence-corrected chi connectivity index (χ1v) is 8.05. The summed E-state index contributed by atoms with van der Waals surface area (Å²) in [6.07, 6.45) is 0.126. The number of rotatable bonds is 2. The van der Waals surface area contributed by atoms with Crippen LogP contribution in [0.2, 0.25) is 0 Å². The number of hydrogen-bond acceptors (Lipinski definition) is 3. The van der Waals surface area contributed by atoms with Crippen LogP contribution in [0.5, 0.6) is 0 Å². The third-order valence-corrected chi connectivity index (χ3v) is 4.68. The molecule has 3 rings (SSSR count). The van der Waals surface area contributed by atoms with Crippen LogP contribution in [0.25, 0.3) is 0 Å². The molecule has 2 aromatic rings. The van der Waals surface area contributed by atoms with Crippen molar-refractivity contribution in [3.63, 3.8) is 0 Å². The number of hydrogen-bond donors (Lipinski definition) is 1. The normalized spacial score (nSPS) is 19.7. The van der Waals surface area contributed by atoms with Gasteiger partial charge in [-0.3, -0.25) is 4.79 Å². The number of carbonyl (C=O) groups excluding carboxylic acids is 2. The Kier molecular flexibility index (Phi) is 4.09. The molecule has 2 aromatic carbocycles. The minimum atomic E-state index is -1.38. The Labute approximate surface area is 146 Å². The van der Waals surface area contributed by atoms with E-state index < -0.39 is 23.3 Å². The molecule has 1 amide bonds. The first-order chi connectivity index (χ1) is 10.9. The number of carbonyl (C=O) groups is 2. The maximum atomic E-state index is 13.4. The van der Waals surface area contributed by atoms with Crippen molar-refractivity contribution in [3.05, 3.63) is 63.0 Å². The maximum absolute atomic E-state index is 13.4. The molecule has 6 heteroatoms. The van der Waals surface area contributed by atoms with Crippen molar-refractivity contribution in [1.82, 2.24) is 0 Å². The lowest BCUT2D eigenvalue weighted by Crippen LogP contribution is -2.49. The molecule has 4 nitrogen and oxygen atoms in total. The van der Waals surface area contributed by atoms with E-state index >= 15 is 0 Å². The number of esters is 1. The summed E-state index contributed by atoms with van der Waals surface area (Å²) in [5.74, 6) is -1.50. The SMILES string of the molecule is CC1(C(=O)Nc2ccccc2I)Cc2cc(F)ccc2C(=O)O1. The van der Waals surface area contributed by atoms with E-state index in [9.17, 15) is 14.0 Å². The summed E-state index contributed by atoms with van der Waals surface area (Å²) >= 11 is 2.11. The zero-order valence-electron chi connectivity index (χ0n) is 12.2. The Bertz CT molecular complexity index is 808. The van der Waals surface area contributed by atoms with Crippen LogP contribution in [0, 0.1) is 9.39 Å². The van der Waals surface area contributed by atoms with Crippen LogP contribution in [0.4, 0.5) is 10.1 Å². The molecule has 118 valence electrons. The van der Waals surface area contributed by atoms with Crippen LogP contribution >= 0.6 is 22.6 Å². The Hall–Kier alpha value is -1.96. The number of benzene rings is 2. The number of ether oxygens (including phenoxy) is 1. The topological polar surface area (TPSA) is 55.4 Å². The van der Waals surface area contributed by atoms with Crippen molar-refractivity contribution in [2.24, 2.45) is 0 Å². The van der Waals surface area contributed by atoms with Crippen LogP contribution in [-0.2, 0) is 16.0 Å². The van der Waals surface area contributed by atoms with Crippen molar-refractivity contribution in [2.45, 2.75) is 18.9 Å². The van der Waals surface area contributed by atoms with Crippen molar-refractivity contribution in [2.75, 3.05) is 5.32 Å². The number of nitrogens with one attached hydrogen (secondary N) is 1. The zero-order chi connectivity index (χ0) is 16.6. The van der Waals surface area contributed by atoms with Gasteiger partial charge in [0.05, 0.1) is 11.3 Å². The molecule has 0 fully saturated rings. The minimum Gasteiger partial charge on any atom is -0.445 e. The zero-order valence-corrected chi connectivity index (χ0v) is 14.4. The quantitative estimate of drug-likeness (QED) is 0.592. The molecule has 0 aliphatic carbocycles. The molecule has 0 saturated carbocycles. The van der Waals surface area contributed by atoms with Gasteiger partial charge in [0.1, 0.15) is 5.82 Å². The molecule has 0 saturated heterocycles. The first-order valence-electron chi connectivity index (χ1n) is 6.97. The summed E-state index contributed by atoms with van der Waals surface area (Å²) in [6, 6.07) is 11.1. The maximum Gasteiger partial charge on any atom is 0.339 e. The molecule has 23 heavy (non-hydrogen) atoms. The fourth-order valence-corrected chi connectivity index (χ4v) is 3.03. The second-order valence-corrected chi connectivity index (χ2v) is 6.69. The molecule has 0 spiro atoms. The average molecular weight is 425 g/mol. The van der Waals surface area contributed by atoms with Crippen molar-refractivity contribution < 1.29 is 18.7 Å². The van der Waals surface area contributed by atoms with Gasteiger partial charge in [-0.25, -0.2) is 9.18 Å². The predicted octanol–water partition coefficient (Wildman–Crippen LogP) is 3.54. The molecule has 1 unspecified atom stereocenters. The Morgan fingerprint density at radius 3 is 2.78 bits per heavy atom. The summed E-state index contributed by atoms with van der Waals surface area (Å²) < 4.78 is 19.6. The lowest BCUT2D eigenvalue weighted by atomic mass is 9.89. The highest BCUT2D eigenvalue weighted by molar-refractivity contribution is 14.1. The molecule has 1 aliphatic rings. The van der Waals surface area contributed by atoms with Crippen molar-refractivity contribution in [1.29, 1.82) is 0 Å². The Morgan fingerprint density at radius 2 is 2.04 bits per heavy atom. The number of amides is 1. The Morgan fingerprint density at radius 1 is 1.30 bits per heavy atom. The van der Waals surface area contributed by atoms with Gasteiger partial charge in [-0.2, -0.15) is 0 Å². The van der Waals surface area contributed by atoms with Crippen LogP contribution in [-0.4, -0.2) is 17.5 Å². The number of anilines is 1. The molecule has 0 bridgehead atoms. The minimum absolute atomic E-state index is 0.126. The average Bonchev–Trinajstić information content (AvgIpc) is 2.48. The summed E-state index contributed by atoms with van der Waals surface area (Å²) in [6.45, 7) is 1.53. The third kappa shape index (κ3) is 3.08. The van der Waals surface area contributed by atoms with E-state index in [4.69, 9.17) is 4.74 Å². The first kappa shape index (κ1) is 15.9. The van der Waals surface area contributed by atoms with Gasteiger partial charge in [0.2, 0.25) is 0 Å². The van der Waals surface area contributed by atoms with Crippen LogP contribution in [0.15, 0.2) is 42.5 Å². The van der Waals surface area contributed by atoms with Crippen LogP contribution in [0.3, 0.4) is 0 Å². The molecule has 0 radical (unpaired) electrons. The van der Waals surface area contributed by atoms with Gasteiger partial charge < -0.3 is 10.1 Å². The lowest BCUT2D eigenvalue weighted by molar-refractivity contribution is -0.134. The van der Waals surface area contributed by atoms with Gasteiger partial charge in [-0.15, -0.1) is 0 Å². The highest BCUT2D eigenvalue weighted by atomic mass is 127. The van der Waals surface area contributed by atoms with Crippen LogP contribution < -0.4 is 5.32 Å². The smallest absolute Gasteiger partial charge is 0.339 e. The molecule has 1 heterocycles. The fraction of sp³-hybridized carbons (Fsp3) is 0.176. The van der Waals surface area contributed by atoms with E-state index in [0.29, 0.717) is 16.8 Å². The van der Waals surface area contributed by atoms with E-state index in [2.05, 4.69) is 27.9 Å². The number of fused-ring (bicyclic) bond motifs is 1. The van der Waals surface area contributed by atoms with Crippen molar-refractivity contribution >= 4 is 40.2 Å². The number of halogens is 2. The molecule has 1 aliphatic heterocycles. The highest BCUT2D eigenvalue weighted by Gasteiger charge is 2.43. The fourth-order valence-electron chi connectivity index (χ4n) is 2.51. The molecule has 0 aromatic heterocycles. The van der Waals surface area contributed by atoms with E-state index in [1.165, 1.54) is 25.1 Å². The van der Waals surface area contributed by atoms with E-state index in [-0.39, 0.29) is 6.42 Å². The Balaban J connectivity index is 1.89. The molecular weight excluding hydrogens is 412 g/mol. The number of para-hydroxylation sites is 1. The molecule has 1 atom stereocenters. The molecule has 1 N–H and O–H groups in total. The largest absolute Gasteiger partial charge is 0.445 e. The summed E-state index contributed by atoms with van der Waals surface area (Å²) in [7, 11) is 0. The van der Waals surface area contributed by atoms with Gasteiger partial charge in [0.25, 0.3) is 5.91 Å². The van der Waals surface area contributed by atoms with Gasteiger partial charge in [-0.05, 0) is 65.4 Å². The standard InChI is InChI=1S/C17H13FINO3/c1-17(16(22)20-14-5-3-2-4-13(14)19)9-10-8-11(18)6-7-12(10)15(21)23-17/h2-8H,9H2,1H3,(H,20,22). The highest BCUT2D eigenvalue weighted by Crippen LogP contribution is 2.30. The lowest BCUT2D eigenvalue weighted by Gasteiger charge is -2.33. The van der Waals surface area contributed by atoms with Crippen LogP contribution in [0.1, 0.15) is 22.8 Å². The third-order valence-electron chi connectivity index (χ3n) is 3.74. The van der Waals surface area contributed by atoms with Gasteiger partial charge in [-0.1, -0.05) is 12.1 Å². The number of cyclic esters (lactones) is 1. The summed E-state index contributed by atoms with van der Waals surface area (Å²) in [5, 5.41) is 2.77. The van der Waals surface area contributed by atoms with Gasteiger partial charge >= 0.3 is 5.97 Å². The molecular formula is C17H13FINO3. The van der Waals surface area contributed by atoms with Crippen molar-refractivity contribution in [3.8, 4) is 0 Å². The second-order valence-electron chi connectivity index (χ2n) is 5.53. The van der Waals surface area contributed by atoms with E-state index in [0.717, 1.165) is 3.57 Å². The van der Waals surface area contributed by atoms with E-state index in [1.807, 2.05) is 12.1 Å². The van der Waals surface area contributed by atoms with Gasteiger partial charge in [0, 0.05) is 9.99 Å². The summed E-state index contributed by atoms with van der Waals surface area (Å²) in [5.41, 5.74) is 0.0320. The monoisotopic (exact) mass is 425 g/mol. The van der Waals surface area contributed by atoms with Gasteiger partial charge in [0.15, 0.2) is 5.60 Å². The summed E-state index contributed by atoms with van der Waals surface area (Å²) in [4.78, 5) is 24.7. The second kappa shape index (κ2) is 5.92.